The smallest absolute Gasteiger partial charge is 0.0673 e. The number of alkyl halides is 1. The Morgan fingerprint density at radius 2 is 2.00 bits per heavy atom. The van der Waals surface area contributed by atoms with E-state index in [0.29, 0.717) is 9.59 Å². The first kappa shape index (κ1) is 10.2. The van der Waals surface area contributed by atoms with Crippen molar-refractivity contribution in [3.63, 3.8) is 0 Å². The second-order valence-electron chi connectivity index (χ2n) is 4.98. The fourth-order valence-corrected chi connectivity index (χ4v) is 3.14. The number of likely N-dealkylation sites (tertiary alicyclic amines) is 1. The van der Waals surface area contributed by atoms with E-state index in [-0.39, 0.29) is 0 Å². The van der Waals surface area contributed by atoms with Crippen LogP contribution in [0.25, 0.3) is 0 Å². The molecule has 3 heteroatoms. The molecular weight excluding hydrogens is 275 g/mol. The summed E-state index contributed by atoms with van der Waals surface area (Å²) < 4.78 is 0.307. The van der Waals surface area contributed by atoms with Gasteiger partial charge in [0, 0.05) is 19.1 Å². The number of hydrogen-bond acceptors (Lipinski definition) is 2. The van der Waals surface area contributed by atoms with Gasteiger partial charge in [0.15, 0.2) is 0 Å². The first-order chi connectivity index (χ1) is 5.98. The summed E-state index contributed by atoms with van der Waals surface area (Å²) in [6.07, 6.45) is 2.61. The van der Waals surface area contributed by atoms with E-state index in [2.05, 4.69) is 41.3 Å². The maximum absolute atomic E-state index is 6.10. The summed E-state index contributed by atoms with van der Waals surface area (Å²) in [6.45, 7) is 7.08. The minimum Gasteiger partial charge on any atom is -0.327 e. The summed E-state index contributed by atoms with van der Waals surface area (Å²) in [5.41, 5.74) is 6.10. The number of nitrogens with two attached hydrogens (primary N) is 1. The van der Waals surface area contributed by atoms with Crippen LogP contribution >= 0.6 is 22.6 Å². The van der Waals surface area contributed by atoms with E-state index in [1.54, 1.807) is 0 Å². The highest BCUT2D eigenvalue weighted by atomic mass is 127. The Bertz CT molecular complexity index is 200. The van der Waals surface area contributed by atoms with Crippen molar-refractivity contribution in [2.24, 2.45) is 17.6 Å². The molecular formula is C10H19IN2. The third-order valence-electron chi connectivity index (χ3n) is 3.66. The lowest BCUT2D eigenvalue weighted by Gasteiger charge is -2.30. The largest absolute Gasteiger partial charge is 0.327 e. The van der Waals surface area contributed by atoms with E-state index in [0.717, 1.165) is 11.8 Å². The van der Waals surface area contributed by atoms with Gasteiger partial charge in [0.2, 0.25) is 0 Å². The molecule has 0 spiro atoms. The van der Waals surface area contributed by atoms with E-state index >= 15 is 0 Å². The van der Waals surface area contributed by atoms with Gasteiger partial charge >= 0.3 is 0 Å². The molecule has 1 heterocycles. The molecule has 2 N–H and O–H groups in total. The number of hydrogen-bond donors (Lipinski definition) is 1. The Kier molecular flexibility index (Phi) is 2.62. The van der Waals surface area contributed by atoms with Crippen LogP contribution in [0, 0.1) is 11.8 Å². The number of fused-ring (bicyclic) bond motifs is 1. The molecule has 1 saturated heterocycles. The van der Waals surface area contributed by atoms with Crippen molar-refractivity contribution in [2.45, 2.75) is 36.3 Å². The van der Waals surface area contributed by atoms with Crippen LogP contribution in [0.5, 0.6) is 0 Å². The van der Waals surface area contributed by atoms with Gasteiger partial charge in [-0.1, -0.05) is 22.6 Å². The summed E-state index contributed by atoms with van der Waals surface area (Å²) in [7, 11) is 0. The van der Waals surface area contributed by atoms with Crippen LogP contribution < -0.4 is 5.73 Å². The van der Waals surface area contributed by atoms with Crippen molar-refractivity contribution in [3.05, 3.63) is 0 Å². The van der Waals surface area contributed by atoms with Crippen molar-refractivity contribution in [1.82, 2.24) is 4.90 Å². The molecule has 2 aliphatic rings. The Hall–Kier alpha value is 0.650. The molecule has 1 aliphatic carbocycles. The number of rotatable bonds is 1. The Labute approximate surface area is 94.4 Å². The summed E-state index contributed by atoms with van der Waals surface area (Å²) in [4.78, 5) is 2.59. The Balaban J connectivity index is 2.03. The van der Waals surface area contributed by atoms with Gasteiger partial charge in [-0.3, -0.25) is 4.90 Å². The van der Waals surface area contributed by atoms with Crippen LogP contribution in [-0.2, 0) is 0 Å². The fourth-order valence-electron chi connectivity index (χ4n) is 2.74. The average molecular weight is 294 g/mol. The predicted molar refractivity (Wildman–Crippen MR) is 63.9 cm³/mol. The normalized spacial score (nSPS) is 41.1. The van der Waals surface area contributed by atoms with Gasteiger partial charge in [0.05, 0.1) is 3.55 Å². The monoisotopic (exact) mass is 294 g/mol. The topological polar surface area (TPSA) is 29.3 Å². The van der Waals surface area contributed by atoms with E-state index in [9.17, 15) is 0 Å². The zero-order valence-electron chi connectivity index (χ0n) is 8.46. The van der Waals surface area contributed by atoms with Gasteiger partial charge in [-0.15, -0.1) is 0 Å². The minimum atomic E-state index is 0.307. The van der Waals surface area contributed by atoms with Gasteiger partial charge < -0.3 is 5.73 Å². The Morgan fingerprint density at radius 3 is 2.54 bits per heavy atom. The maximum atomic E-state index is 6.10. The third-order valence-corrected chi connectivity index (χ3v) is 4.35. The molecule has 0 aromatic rings. The number of nitrogens with zero attached hydrogens (tertiary/aromatic N) is 1. The highest BCUT2D eigenvalue weighted by molar-refractivity contribution is 14.1. The molecule has 0 aromatic carbocycles. The second-order valence-corrected chi connectivity index (χ2v) is 7.62. The van der Waals surface area contributed by atoms with E-state index in [4.69, 9.17) is 5.73 Å². The predicted octanol–water partition coefficient (Wildman–Crippen LogP) is 1.83. The molecule has 76 valence electrons. The lowest BCUT2D eigenvalue weighted by Crippen LogP contribution is -2.39. The summed E-state index contributed by atoms with van der Waals surface area (Å²) >= 11 is 2.53. The second kappa shape index (κ2) is 3.35. The molecule has 0 radical (unpaired) electrons. The van der Waals surface area contributed by atoms with Gasteiger partial charge in [-0.05, 0) is 38.5 Å². The van der Waals surface area contributed by atoms with Crippen LogP contribution in [0.3, 0.4) is 0 Å². The van der Waals surface area contributed by atoms with E-state index in [1.807, 2.05) is 0 Å². The SMILES string of the molecule is CC(C)(I)N1CC2CCC(N)C2C1. The van der Waals surface area contributed by atoms with Gasteiger partial charge in [-0.2, -0.15) is 0 Å². The lowest BCUT2D eigenvalue weighted by molar-refractivity contribution is 0.237. The van der Waals surface area contributed by atoms with E-state index < -0.39 is 0 Å². The molecule has 0 bridgehead atoms. The molecule has 13 heavy (non-hydrogen) atoms. The van der Waals surface area contributed by atoms with Crippen molar-refractivity contribution in [2.75, 3.05) is 13.1 Å². The van der Waals surface area contributed by atoms with Crippen LogP contribution in [0.4, 0.5) is 0 Å². The Morgan fingerprint density at radius 1 is 1.31 bits per heavy atom. The highest BCUT2D eigenvalue weighted by Gasteiger charge is 2.44. The highest BCUT2D eigenvalue weighted by Crippen LogP contribution is 2.41. The number of halogens is 1. The zero-order valence-corrected chi connectivity index (χ0v) is 10.6. The molecule has 1 saturated carbocycles. The van der Waals surface area contributed by atoms with Crippen molar-refractivity contribution >= 4 is 22.6 Å². The molecule has 2 fully saturated rings. The third kappa shape index (κ3) is 1.88. The molecule has 2 rings (SSSR count). The first-order valence-corrected chi connectivity index (χ1v) is 6.26. The van der Waals surface area contributed by atoms with Crippen LogP contribution in [0.15, 0.2) is 0 Å². The molecule has 2 nitrogen and oxygen atoms in total. The van der Waals surface area contributed by atoms with Gasteiger partial charge in [0.1, 0.15) is 0 Å². The zero-order chi connectivity index (χ0) is 9.64. The maximum Gasteiger partial charge on any atom is 0.0673 e. The minimum absolute atomic E-state index is 0.307. The summed E-state index contributed by atoms with van der Waals surface area (Å²) in [6, 6.07) is 0.480. The fraction of sp³-hybridized carbons (Fsp3) is 1.00. The lowest BCUT2D eigenvalue weighted by atomic mass is 9.98. The van der Waals surface area contributed by atoms with Gasteiger partial charge in [-0.25, -0.2) is 0 Å². The van der Waals surface area contributed by atoms with Gasteiger partial charge in [0.25, 0.3) is 0 Å². The van der Waals surface area contributed by atoms with Crippen molar-refractivity contribution in [3.8, 4) is 0 Å². The molecule has 3 atom stereocenters. The average Bonchev–Trinajstić information content (AvgIpc) is 2.51. The molecule has 0 amide bonds. The first-order valence-electron chi connectivity index (χ1n) is 5.18. The van der Waals surface area contributed by atoms with Crippen LogP contribution in [0.1, 0.15) is 26.7 Å². The standard InChI is InChI=1S/C10H19IN2/c1-10(2,11)13-5-7-3-4-9(12)8(7)6-13/h7-9H,3-6,12H2,1-2H3. The molecule has 3 unspecified atom stereocenters. The van der Waals surface area contributed by atoms with Crippen molar-refractivity contribution < 1.29 is 0 Å². The van der Waals surface area contributed by atoms with Crippen molar-refractivity contribution in [1.29, 1.82) is 0 Å². The molecule has 0 aromatic heterocycles. The molecule has 1 aliphatic heterocycles. The van der Waals surface area contributed by atoms with E-state index in [1.165, 1.54) is 25.9 Å². The van der Waals surface area contributed by atoms with Crippen LogP contribution in [-0.4, -0.2) is 27.6 Å². The summed E-state index contributed by atoms with van der Waals surface area (Å²) in [5.74, 6) is 1.68. The quantitative estimate of drug-likeness (QED) is 0.454. The van der Waals surface area contributed by atoms with Crippen LogP contribution in [0.2, 0.25) is 0 Å². The summed E-state index contributed by atoms with van der Waals surface area (Å²) in [5, 5.41) is 0.